The maximum atomic E-state index is 12.8. The van der Waals surface area contributed by atoms with Crippen LogP contribution >= 0.6 is 24.0 Å². The van der Waals surface area contributed by atoms with Crippen molar-refractivity contribution in [2.75, 3.05) is 0 Å². The highest BCUT2D eigenvalue weighted by atomic mass is 32.2. The molecule has 0 aromatic heterocycles. The molecule has 0 N–H and O–H groups in total. The molecule has 2 aromatic rings. The minimum atomic E-state index is -0.718. The fourth-order valence-corrected chi connectivity index (χ4v) is 4.32. The molecule has 1 fully saturated rings. The van der Waals surface area contributed by atoms with E-state index in [9.17, 15) is 14.9 Å². The molecule has 2 heterocycles. The molecule has 1 saturated heterocycles. The first kappa shape index (κ1) is 19.4. The molecule has 2 aromatic carbocycles. The number of carbonyl (C=O) groups excluding carboxylic acids is 1. The van der Waals surface area contributed by atoms with Gasteiger partial charge in [-0.05, 0) is 29.3 Å². The molecule has 0 radical (unpaired) electrons. The van der Waals surface area contributed by atoms with Crippen molar-refractivity contribution in [3.05, 3.63) is 68.6 Å². The van der Waals surface area contributed by atoms with Crippen LogP contribution in [-0.2, 0) is 11.3 Å². The molecule has 0 spiro atoms. The quantitative estimate of drug-likeness (QED) is 0.307. The topological polar surface area (TPSA) is 81.9 Å². The van der Waals surface area contributed by atoms with Gasteiger partial charge in [0, 0.05) is 26.0 Å². The SMILES string of the molecule is CC1(C)Oc2ccc(CN3C(=O)/C(=C\c4cccc([N+](=O)[O-])c4)SC3=S)cc2O1. The van der Waals surface area contributed by atoms with E-state index in [0.717, 1.165) is 5.56 Å². The number of ether oxygens (including phenoxy) is 2. The van der Waals surface area contributed by atoms with Crippen LogP contribution in [0.1, 0.15) is 25.0 Å². The predicted molar refractivity (Wildman–Crippen MR) is 114 cm³/mol. The lowest BCUT2D eigenvalue weighted by molar-refractivity contribution is -0.384. The molecule has 0 unspecified atom stereocenters. The lowest BCUT2D eigenvalue weighted by atomic mass is 10.1. The van der Waals surface area contributed by atoms with Gasteiger partial charge in [0.2, 0.25) is 5.79 Å². The van der Waals surface area contributed by atoms with E-state index in [1.54, 1.807) is 18.2 Å². The normalized spacial score (nSPS) is 18.6. The minimum absolute atomic E-state index is 0.0301. The zero-order valence-electron chi connectivity index (χ0n) is 15.6. The molecular formula is C20H16N2O5S2. The van der Waals surface area contributed by atoms with E-state index in [0.29, 0.717) is 32.8 Å². The number of thiocarbonyl (C=S) groups is 1. The second-order valence-electron chi connectivity index (χ2n) is 7.00. The smallest absolute Gasteiger partial charge is 0.270 e. The number of fused-ring (bicyclic) bond motifs is 1. The van der Waals surface area contributed by atoms with Gasteiger partial charge < -0.3 is 9.47 Å². The number of amides is 1. The van der Waals surface area contributed by atoms with E-state index in [1.807, 2.05) is 32.0 Å². The van der Waals surface area contributed by atoms with Gasteiger partial charge in [-0.1, -0.05) is 42.2 Å². The van der Waals surface area contributed by atoms with Crippen LogP contribution in [0.4, 0.5) is 5.69 Å². The fraction of sp³-hybridized carbons (Fsp3) is 0.200. The van der Waals surface area contributed by atoms with Crippen molar-refractivity contribution in [2.24, 2.45) is 0 Å². The second kappa shape index (κ2) is 7.16. The molecule has 9 heteroatoms. The number of nitrogens with zero attached hydrogens (tertiary/aromatic N) is 2. The van der Waals surface area contributed by atoms with Gasteiger partial charge in [-0.2, -0.15) is 0 Å². The molecule has 2 aliphatic heterocycles. The number of hydrogen-bond acceptors (Lipinski definition) is 7. The Morgan fingerprint density at radius 2 is 1.97 bits per heavy atom. The van der Waals surface area contributed by atoms with E-state index in [2.05, 4.69) is 0 Å². The minimum Gasteiger partial charge on any atom is -0.449 e. The summed E-state index contributed by atoms with van der Waals surface area (Å²) in [6.07, 6.45) is 1.62. The Labute approximate surface area is 176 Å². The van der Waals surface area contributed by atoms with Gasteiger partial charge in [-0.15, -0.1) is 0 Å². The second-order valence-corrected chi connectivity index (χ2v) is 8.68. The van der Waals surface area contributed by atoms with Gasteiger partial charge in [-0.3, -0.25) is 19.8 Å². The zero-order valence-corrected chi connectivity index (χ0v) is 17.2. The van der Waals surface area contributed by atoms with Crippen LogP contribution in [0.5, 0.6) is 11.5 Å². The molecule has 0 atom stereocenters. The first-order valence-electron chi connectivity index (χ1n) is 8.73. The number of carbonyl (C=O) groups is 1. The number of rotatable bonds is 4. The number of thioether (sulfide) groups is 1. The third kappa shape index (κ3) is 3.96. The fourth-order valence-electron chi connectivity index (χ4n) is 3.06. The molecule has 0 bridgehead atoms. The maximum absolute atomic E-state index is 12.8. The van der Waals surface area contributed by atoms with Crippen LogP contribution < -0.4 is 9.47 Å². The summed E-state index contributed by atoms with van der Waals surface area (Å²) >= 11 is 6.55. The van der Waals surface area contributed by atoms with Crippen molar-refractivity contribution in [3.8, 4) is 11.5 Å². The monoisotopic (exact) mass is 428 g/mol. The molecular weight excluding hydrogens is 412 g/mol. The van der Waals surface area contributed by atoms with Crippen molar-refractivity contribution in [1.82, 2.24) is 4.90 Å². The van der Waals surface area contributed by atoms with Gasteiger partial charge in [0.1, 0.15) is 4.32 Å². The molecule has 0 aliphatic carbocycles. The summed E-state index contributed by atoms with van der Waals surface area (Å²) in [5.74, 6) is 0.341. The molecule has 1 amide bonds. The van der Waals surface area contributed by atoms with Crippen LogP contribution in [0, 0.1) is 10.1 Å². The van der Waals surface area contributed by atoms with Gasteiger partial charge >= 0.3 is 0 Å². The lowest BCUT2D eigenvalue weighted by Crippen LogP contribution is -2.29. The number of nitro groups is 1. The zero-order chi connectivity index (χ0) is 20.8. The van der Waals surface area contributed by atoms with Crippen molar-refractivity contribution in [2.45, 2.75) is 26.2 Å². The Morgan fingerprint density at radius 3 is 2.72 bits per heavy atom. The molecule has 148 valence electrons. The van der Waals surface area contributed by atoms with Gasteiger partial charge in [0.05, 0.1) is 16.4 Å². The van der Waals surface area contributed by atoms with E-state index < -0.39 is 10.7 Å². The Kier molecular flexibility index (Phi) is 4.79. The standard InChI is InChI=1S/C20H16N2O5S2/c1-20(2)26-15-7-6-13(9-16(15)27-20)11-21-18(23)17(29-19(21)28)10-12-4-3-5-14(8-12)22(24)25/h3-10H,11H2,1-2H3/b17-10+. The van der Waals surface area contributed by atoms with Crippen molar-refractivity contribution in [3.63, 3.8) is 0 Å². The summed E-state index contributed by atoms with van der Waals surface area (Å²) in [6, 6.07) is 11.6. The number of non-ortho nitro benzene ring substituents is 1. The Morgan fingerprint density at radius 1 is 1.21 bits per heavy atom. The number of nitro benzene ring substituents is 1. The highest BCUT2D eigenvalue weighted by molar-refractivity contribution is 8.26. The third-order valence-corrected chi connectivity index (χ3v) is 5.69. The predicted octanol–water partition coefficient (Wildman–Crippen LogP) is 4.50. The molecule has 29 heavy (non-hydrogen) atoms. The molecule has 0 saturated carbocycles. The summed E-state index contributed by atoms with van der Waals surface area (Å²) in [6.45, 7) is 3.95. The first-order chi connectivity index (χ1) is 13.7. The van der Waals surface area contributed by atoms with E-state index >= 15 is 0 Å². The van der Waals surface area contributed by atoms with Crippen molar-refractivity contribution >= 4 is 46.0 Å². The maximum Gasteiger partial charge on any atom is 0.270 e. The third-order valence-electron chi connectivity index (χ3n) is 4.31. The van der Waals surface area contributed by atoms with Crippen LogP contribution in [0.3, 0.4) is 0 Å². The summed E-state index contributed by atoms with van der Waals surface area (Å²) in [5, 5.41) is 10.9. The average molecular weight is 428 g/mol. The summed E-state index contributed by atoms with van der Waals surface area (Å²) in [5.41, 5.74) is 1.40. The highest BCUT2D eigenvalue weighted by Crippen LogP contribution is 2.40. The van der Waals surface area contributed by atoms with Crippen molar-refractivity contribution in [1.29, 1.82) is 0 Å². The first-order valence-corrected chi connectivity index (χ1v) is 9.95. The van der Waals surface area contributed by atoms with E-state index in [1.165, 1.54) is 28.8 Å². The van der Waals surface area contributed by atoms with Crippen LogP contribution in [-0.4, -0.2) is 25.8 Å². The molecule has 2 aliphatic rings. The lowest BCUT2D eigenvalue weighted by Gasteiger charge is -2.16. The van der Waals surface area contributed by atoms with Crippen LogP contribution in [0.2, 0.25) is 0 Å². The highest BCUT2D eigenvalue weighted by Gasteiger charge is 2.34. The largest absolute Gasteiger partial charge is 0.449 e. The number of benzene rings is 2. The summed E-state index contributed by atoms with van der Waals surface area (Å²) in [4.78, 5) is 25.3. The van der Waals surface area contributed by atoms with Crippen LogP contribution in [0.25, 0.3) is 6.08 Å². The Balaban J connectivity index is 1.54. The Hall–Kier alpha value is -2.91. The molecule has 4 rings (SSSR count). The van der Waals surface area contributed by atoms with Crippen LogP contribution in [0.15, 0.2) is 47.4 Å². The Bertz CT molecular complexity index is 1080. The van der Waals surface area contributed by atoms with E-state index in [4.69, 9.17) is 21.7 Å². The summed E-state index contributed by atoms with van der Waals surface area (Å²) < 4.78 is 11.9. The van der Waals surface area contributed by atoms with Crippen molar-refractivity contribution < 1.29 is 19.2 Å². The van der Waals surface area contributed by atoms with Gasteiger partial charge in [0.15, 0.2) is 11.5 Å². The number of hydrogen-bond donors (Lipinski definition) is 0. The molecule has 7 nitrogen and oxygen atoms in total. The summed E-state index contributed by atoms with van der Waals surface area (Å²) in [7, 11) is 0. The van der Waals surface area contributed by atoms with E-state index in [-0.39, 0.29) is 11.6 Å². The van der Waals surface area contributed by atoms with Gasteiger partial charge in [-0.25, -0.2) is 0 Å². The average Bonchev–Trinajstić information content (AvgIpc) is 3.10. The van der Waals surface area contributed by atoms with Gasteiger partial charge in [0.25, 0.3) is 11.6 Å².